The van der Waals surface area contributed by atoms with Crippen molar-refractivity contribution in [3.63, 3.8) is 0 Å². The number of guanidine groups is 1. The number of aliphatic imine (C=N–C) groups is 1. The van der Waals surface area contributed by atoms with Crippen LogP contribution in [-0.4, -0.2) is 32.6 Å². The number of hydrogen-bond acceptors (Lipinski definition) is 3. The average Bonchev–Trinajstić information content (AvgIpc) is 3.06. The van der Waals surface area contributed by atoms with Crippen LogP contribution in [0.15, 0.2) is 52.2 Å². The van der Waals surface area contributed by atoms with Crippen molar-refractivity contribution in [2.75, 3.05) is 31.6 Å². The fourth-order valence-corrected chi connectivity index (χ4v) is 2.71. The number of nitrogens with zero attached hydrogens (tertiary/aromatic N) is 2. The maximum Gasteiger partial charge on any atom is 0.191 e. The second-order valence-corrected chi connectivity index (χ2v) is 5.79. The summed E-state index contributed by atoms with van der Waals surface area (Å²) in [5.74, 6) is 0.871. The maximum absolute atomic E-state index is 4.61. The van der Waals surface area contributed by atoms with Crippen LogP contribution in [-0.2, 0) is 6.54 Å². The topological polar surface area (TPSA) is 39.7 Å². The van der Waals surface area contributed by atoms with E-state index in [0.29, 0.717) is 6.54 Å². The zero-order chi connectivity index (χ0) is 15.6. The molecule has 0 spiro atoms. The summed E-state index contributed by atoms with van der Waals surface area (Å²) in [6.07, 6.45) is 0. The van der Waals surface area contributed by atoms with Gasteiger partial charge in [-0.05, 0) is 41.4 Å². The lowest BCUT2D eigenvalue weighted by atomic mass is 10.3. The van der Waals surface area contributed by atoms with Crippen LogP contribution in [0.25, 0.3) is 0 Å². The molecule has 23 heavy (non-hydrogen) atoms. The Morgan fingerprint density at radius 3 is 2.61 bits per heavy atom. The quantitative estimate of drug-likeness (QED) is 0.390. The summed E-state index contributed by atoms with van der Waals surface area (Å²) in [6, 6.07) is 12.5. The predicted molar refractivity (Wildman–Crippen MR) is 112 cm³/mol. The highest BCUT2D eigenvalue weighted by Gasteiger charge is 2.01. The molecule has 0 radical (unpaired) electrons. The maximum atomic E-state index is 4.61. The molecule has 0 aliphatic carbocycles. The number of anilines is 1. The lowest BCUT2D eigenvalue weighted by Crippen LogP contribution is -2.41. The first kappa shape index (κ1) is 19.8. The van der Waals surface area contributed by atoms with E-state index in [0.717, 1.165) is 25.6 Å². The molecule has 2 rings (SSSR count). The van der Waals surface area contributed by atoms with Crippen molar-refractivity contribution >= 4 is 47.0 Å². The van der Waals surface area contributed by atoms with E-state index in [2.05, 4.69) is 75.6 Å². The molecule has 2 N–H and O–H groups in total. The molecule has 0 bridgehead atoms. The van der Waals surface area contributed by atoms with E-state index < -0.39 is 0 Å². The van der Waals surface area contributed by atoms with Crippen LogP contribution in [0.3, 0.4) is 0 Å². The summed E-state index contributed by atoms with van der Waals surface area (Å²) in [4.78, 5) is 6.84. The van der Waals surface area contributed by atoms with E-state index in [1.165, 1.54) is 11.3 Å². The number of halogens is 1. The smallest absolute Gasteiger partial charge is 0.191 e. The first-order chi connectivity index (χ1) is 10.8. The molecule has 6 heteroatoms. The highest BCUT2D eigenvalue weighted by atomic mass is 127. The molecule has 126 valence electrons. The van der Waals surface area contributed by atoms with Gasteiger partial charge in [0.2, 0.25) is 0 Å². The van der Waals surface area contributed by atoms with Crippen LogP contribution >= 0.6 is 35.3 Å². The fourth-order valence-electron chi connectivity index (χ4n) is 2.05. The average molecular weight is 444 g/mol. The minimum absolute atomic E-state index is 0. The minimum Gasteiger partial charge on any atom is -0.373 e. The van der Waals surface area contributed by atoms with Gasteiger partial charge >= 0.3 is 0 Å². The first-order valence-corrected chi connectivity index (χ1v) is 8.53. The normalized spacial score (nSPS) is 10.8. The lowest BCUT2D eigenvalue weighted by Gasteiger charge is -2.20. The summed E-state index contributed by atoms with van der Waals surface area (Å²) in [5, 5.41) is 10.9. The molecule has 1 heterocycles. The zero-order valence-corrected chi connectivity index (χ0v) is 16.8. The molecule has 0 aliphatic rings. The van der Waals surface area contributed by atoms with Gasteiger partial charge in [-0.1, -0.05) is 18.2 Å². The van der Waals surface area contributed by atoms with E-state index in [-0.39, 0.29) is 24.0 Å². The number of thiophene rings is 1. The van der Waals surface area contributed by atoms with Crippen molar-refractivity contribution < 1.29 is 0 Å². The van der Waals surface area contributed by atoms with Gasteiger partial charge in [0.15, 0.2) is 5.96 Å². The van der Waals surface area contributed by atoms with Crippen LogP contribution in [0.2, 0.25) is 0 Å². The summed E-state index contributed by atoms with van der Waals surface area (Å²) in [5.41, 5.74) is 2.48. The zero-order valence-electron chi connectivity index (χ0n) is 13.7. The number of para-hydroxylation sites is 1. The Hall–Kier alpha value is -1.28. The Morgan fingerprint density at radius 1 is 1.17 bits per heavy atom. The van der Waals surface area contributed by atoms with Gasteiger partial charge in [-0.15, -0.1) is 24.0 Å². The van der Waals surface area contributed by atoms with Crippen molar-refractivity contribution in [3.05, 3.63) is 52.7 Å². The molecule has 4 nitrogen and oxygen atoms in total. The summed E-state index contributed by atoms with van der Waals surface area (Å²) >= 11 is 1.71. The van der Waals surface area contributed by atoms with Crippen molar-refractivity contribution in [1.29, 1.82) is 0 Å². The molecule has 1 aromatic heterocycles. The van der Waals surface area contributed by atoms with E-state index in [9.17, 15) is 0 Å². The van der Waals surface area contributed by atoms with Gasteiger partial charge in [0, 0.05) is 32.4 Å². The summed E-state index contributed by atoms with van der Waals surface area (Å²) in [7, 11) is 2.10. The van der Waals surface area contributed by atoms with Crippen molar-refractivity contribution in [1.82, 2.24) is 10.6 Å². The number of benzene rings is 1. The Kier molecular flexibility index (Phi) is 9.70. The molecule has 0 fully saturated rings. The van der Waals surface area contributed by atoms with Crippen molar-refractivity contribution in [2.45, 2.75) is 13.5 Å². The van der Waals surface area contributed by atoms with Crippen LogP contribution < -0.4 is 15.5 Å². The molecule has 0 atom stereocenters. The van der Waals surface area contributed by atoms with E-state index in [1.54, 1.807) is 11.3 Å². The second-order valence-electron chi connectivity index (χ2n) is 5.01. The highest BCUT2D eigenvalue weighted by Crippen LogP contribution is 2.09. The van der Waals surface area contributed by atoms with Gasteiger partial charge in [0.1, 0.15) is 0 Å². The Balaban J connectivity index is 0.00000264. The van der Waals surface area contributed by atoms with Gasteiger partial charge in [-0.2, -0.15) is 11.3 Å². The van der Waals surface area contributed by atoms with Crippen LogP contribution in [0.1, 0.15) is 12.5 Å². The van der Waals surface area contributed by atoms with Crippen molar-refractivity contribution in [2.24, 2.45) is 4.99 Å². The Bertz CT molecular complexity index is 557. The standard InChI is InChI=1S/C17H24N4S.HI/c1-3-18-17(20-13-15-9-12-22-14-15)19-10-11-21(2)16-7-5-4-6-8-16;/h4-9,12,14H,3,10-11,13H2,1-2H3,(H2,18,19,20);1H. The predicted octanol–water partition coefficient (Wildman–Crippen LogP) is 3.56. The number of rotatable bonds is 7. The Morgan fingerprint density at radius 2 is 1.96 bits per heavy atom. The summed E-state index contributed by atoms with van der Waals surface area (Å²) < 4.78 is 0. The van der Waals surface area contributed by atoms with Crippen LogP contribution in [0, 0.1) is 0 Å². The van der Waals surface area contributed by atoms with E-state index >= 15 is 0 Å². The third kappa shape index (κ3) is 7.22. The molecule has 0 unspecified atom stereocenters. The molecular weight excluding hydrogens is 419 g/mol. The van der Waals surface area contributed by atoms with Crippen molar-refractivity contribution in [3.8, 4) is 0 Å². The number of nitrogens with one attached hydrogen (secondary N) is 2. The molecule has 0 aliphatic heterocycles. The largest absolute Gasteiger partial charge is 0.373 e. The monoisotopic (exact) mass is 444 g/mol. The molecule has 0 saturated carbocycles. The molecule has 1 aromatic carbocycles. The molecular formula is C17H25IN4S. The lowest BCUT2D eigenvalue weighted by molar-refractivity contribution is 0.781. The molecule has 0 saturated heterocycles. The third-order valence-corrected chi connectivity index (χ3v) is 4.01. The minimum atomic E-state index is 0. The van der Waals surface area contributed by atoms with E-state index in [1.807, 2.05) is 6.07 Å². The SMILES string of the molecule is CCNC(=NCc1ccsc1)NCCN(C)c1ccccc1.I. The van der Waals surface area contributed by atoms with Gasteiger partial charge in [-0.3, -0.25) is 0 Å². The van der Waals surface area contributed by atoms with Gasteiger partial charge in [0.05, 0.1) is 6.54 Å². The van der Waals surface area contributed by atoms with Crippen LogP contribution in [0.4, 0.5) is 5.69 Å². The van der Waals surface area contributed by atoms with Gasteiger partial charge in [-0.25, -0.2) is 4.99 Å². The summed E-state index contributed by atoms with van der Waals surface area (Å²) in [6.45, 7) is 5.43. The molecule has 2 aromatic rings. The number of likely N-dealkylation sites (N-methyl/N-ethyl adjacent to an activating group) is 1. The highest BCUT2D eigenvalue weighted by molar-refractivity contribution is 14.0. The van der Waals surface area contributed by atoms with Gasteiger partial charge in [0.25, 0.3) is 0 Å². The van der Waals surface area contributed by atoms with Crippen LogP contribution in [0.5, 0.6) is 0 Å². The third-order valence-electron chi connectivity index (χ3n) is 3.28. The second kappa shape index (κ2) is 11.3. The molecule has 0 amide bonds. The Labute approximate surface area is 160 Å². The fraction of sp³-hybridized carbons (Fsp3) is 0.353. The van der Waals surface area contributed by atoms with Gasteiger partial charge < -0.3 is 15.5 Å². The number of hydrogen-bond donors (Lipinski definition) is 2. The van der Waals surface area contributed by atoms with E-state index in [4.69, 9.17) is 0 Å². The first-order valence-electron chi connectivity index (χ1n) is 7.59.